The maximum atomic E-state index is 8.88. The van der Waals surface area contributed by atoms with Crippen LogP contribution in [0.15, 0.2) is 0 Å². The molecule has 1 aliphatic rings. The van der Waals surface area contributed by atoms with E-state index in [1.54, 1.807) is 0 Å². The van der Waals surface area contributed by atoms with Crippen molar-refractivity contribution < 1.29 is 0 Å². The Labute approximate surface area is 75.2 Å². The first-order valence-corrected chi connectivity index (χ1v) is 4.87. The molecule has 0 aliphatic carbocycles. The van der Waals surface area contributed by atoms with Gasteiger partial charge in [-0.1, -0.05) is 13.8 Å². The lowest BCUT2D eigenvalue weighted by molar-refractivity contribution is 0.165. The zero-order valence-corrected chi connectivity index (χ0v) is 8.08. The van der Waals surface area contributed by atoms with Crippen LogP contribution in [0.3, 0.4) is 0 Å². The van der Waals surface area contributed by atoms with E-state index < -0.39 is 0 Å². The Balaban J connectivity index is 2.43. The Morgan fingerprint density at radius 1 is 1.50 bits per heavy atom. The molecule has 0 N–H and O–H groups in total. The molecule has 12 heavy (non-hydrogen) atoms. The lowest BCUT2D eigenvalue weighted by Crippen LogP contribution is -2.40. The normalized spacial score (nSPS) is 25.7. The van der Waals surface area contributed by atoms with Crippen LogP contribution >= 0.6 is 0 Å². The Kier molecular flexibility index (Phi) is 3.55. The predicted octanol–water partition coefficient (Wildman–Crippen LogP) is 2.02. The highest BCUT2D eigenvalue weighted by Gasteiger charge is 2.21. The average Bonchev–Trinajstić information content (AvgIpc) is 2.04. The summed E-state index contributed by atoms with van der Waals surface area (Å²) in [5.74, 6) is 0.680. The monoisotopic (exact) mass is 166 g/mol. The van der Waals surface area contributed by atoms with E-state index in [-0.39, 0.29) is 6.04 Å². The Hall–Kier alpha value is -0.550. The minimum absolute atomic E-state index is 0.196. The van der Waals surface area contributed by atoms with Crippen molar-refractivity contribution in [3.8, 4) is 6.07 Å². The van der Waals surface area contributed by atoms with Crippen LogP contribution in [-0.4, -0.2) is 24.0 Å². The van der Waals surface area contributed by atoms with Gasteiger partial charge in [-0.25, -0.2) is 0 Å². The first-order chi connectivity index (χ1) is 5.74. The van der Waals surface area contributed by atoms with Gasteiger partial charge in [0, 0.05) is 6.54 Å². The van der Waals surface area contributed by atoms with Crippen molar-refractivity contribution in [1.82, 2.24) is 4.90 Å². The second-order valence-corrected chi connectivity index (χ2v) is 4.03. The van der Waals surface area contributed by atoms with Crippen LogP contribution in [-0.2, 0) is 0 Å². The SMILES string of the molecule is CC(C)CN1CCCCC1C#N. The van der Waals surface area contributed by atoms with E-state index in [4.69, 9.17) is 5.26 Å². The van der Waals surface area contributed by atoms with E-state index in [1.165, 1.54) is 12.8 Å². The third-order valence-electron chi connectivity index (χ3n) is 2.36. The van der Waals surface area contributed by atoms with Crippen molar-refractivity contribution in [2.45, 2.75) is 39.2 Å². The fraction of sp³-hybridized carbons (Fsp3) is 0.900. The third-order valence-corrected chi connectivity index (χ3v) is 2.36. The number of hydrogen-bond acceptors (Lipinski definition) is 2. The molecular formula is C10H18N2. The van der Waals surface area contributed by atoms with Crippen molar-refractivity contribution in [3.63, 3.8) is 0 Å². The minimum atomic E-state index is 0.196. The molecule has 0 radical (unpaired) electrons. The molecule has 1 rings (SSSR count). The van der Waals surface area contributed by atoms with Crippen LogP contribution in [0, 0.1) is 17.2 Å². The van der Waals surface area contributed by atoms with Crippen LogP contribution in [0.4, 0.5) is 0 Å². The summed E-state index contributed by atoms with van der Waals surface area (Å²) in [5, 5.41) is 8.88. The summed E-state index contributed by atoms with van der Waals surface area (Å²) in [6.45, 7) is 6.63. The second kappa shape index (κ2) is 4.47. The standard InChI is InChI=1S/C10H18N2/c1-9(2)8-12-6-4-3-5-10(12)7-11/h9-10H,3-6,8H2,1-2H3. The molecule has 0 amide bonds. The highest BCUT2D eigenvalue weighted by Crippen LogP contribution is 2.17. The second-order valence-electron chi connectivity index (χ2n) is 4.03. The molecule has 0 saturated carbocycles. The number of nitriles is 1. The quantitative estimate of drug-likeness (QED) is 0.627. The Morgan fingerprint density at radius 2 is 2.25 bits per heavy atom. The number of nitrogens with zero attached hydrogens (tertiary/aromatic N) is 2. The molecule has 2 heteroatoms. The van der Waals surface area contributed by atoms with Gasteiger partial charge in [0.15, 0.2) is 0 Å². The van der Waals surface area contributed by atoms with Crippen LogP contribution in [0.25, 0.3) is 0 Å². The van der Waals surface area contributed by atoms with Crippen LogP contribution in [0.5, 0.6) is 0 Å². The molecule has 2 nitrogen and oxygen atoms in total. The molecule has 0 aromatic carbocycles. The molecule has 1 unspecified atom stereocenters. The largest absolute Gasteiger partial charge is 0.288 e. The summed E-state index contributed by atoms with van der Waals surface area (Å²) in [4.78, 5) is 2.33. The van der Waals surface area contributed by atoms with Crippen molar-refractivity contribution in [3.05, 3.63) is 0 Å². The van der Waals surface area contributed by atoms with Gasteiger partial charge in [-0.2, -0.15) is 5.26 Å². The van der Waals surface area contributed by atoms with E-state index in [9.17, 15) is 0 Å². The molecule has 1 aliphatic heterocycles. The first-order valence-electron chi connectivity index (χ1n) is 4.87. The summed E-state index contributed by atoms with van der Waals surface area (Å²) in [7, 11) is 0. The maximum Gasteiger partial charge on any atom is 0.0977 e. The molecule has 1 atom stereocenters. The number of piperidine rings is 1. The molecule has 0 aromatic heterocycles. The van der Waals surface area contributed by atoms with Gasteiger partial charge in [-0.3, -0.25) is 4.90 Å². The van der Waals surface area contributed by atoms with E-state index in [0.717, 1.165) is 19.5 Å². The molecule has 1 heterocycles. The highest BCUT2D eigenvalue weighted by molar-refractivity contribution is 4.94. The van der Waals surface area contributed by atoms with Gasteiger partial charge in [-0.15, -0.1) is 0 Å². The summed E-state index contributed by atoms with van der Waals surface area (Å²) < 4.78 is 0. The van der Waals surface area contributed by atoms with Gasteiger partial charge in [0.25, 0.3) is 0 Å². The van der Waals surface area contributed by atoms with E-state index in [2.05, 4.69) is 24.8 Å². The predicted molar refractivity (Wildman–Crippen MR) is 49.7 cm³/mol. The summed E-state index contributed by atoms with van der Waals surface area (Å²) in [5.41, 5.74) is 0. The maximum absolute atomic E-state index is 8.88. The number of hydrogen-bond donors (Lipinski definition) is 0. The van der Waals surface area contributed by atoms with Crippen LogP contribution < -0.4 is 0 Å². The molecule has 68 valence electrons. The summed E-state index contributed by atoms with van der Waals surface area (Å²) in [6.07, 6.45) is 3.57. The Bertz CT molecular complexity index is 169. The first kappa shape index (κ1) is 9.54. The fourth-order valence-electron chi connectivity index (χ4n) is 1.82. The molecule has 1 saturated heterocycles. The van der Waals surface area contributed by atoms with Crippen LogP contribution in [0.1, 0.15) is 33.1 Å². The molecule has 0 spiro atoms. The summed E-state index contributed by atoms with van der Waals surface area (Å²) in [6, 6.07) is 2.58. The highest BCUT2D eigenvalue weighted by atomic mass is 15.2. The molecule has 0 aromatic rings. The van der Waals surface area contributed by atoms with Gasteiger partial charge in [0.2, 0.25) is 0 Å². The molecule has 1 fully saturated rings. The lowest BCUT2D eigenvalue weighted by atomic mass is 10.0. The molecule has 0 bridgehead atoms. The topological polar surface area (TPSA) is 27.0 Å². The fourth-order valence-corrected chi connectivity index (χ4v) is 1.82. The van der Waals surface area contributed by atoms with Gasteiger partial charge < -0.3 is 0 Å². The minimum Gasteiger partial charge on any atom is -0.288 e. The average molecular weight is 166 g/mol. The van der Waals surface area contributed by atoms with Gasteiger partial charge in [0.1, 0.15) is 0 Å². The molecular weight excluding hydrogens is 148 g/mol. The lowest BCUT2D eigenvalue weighted by Gasteiger charge is -2.32. The van der Waals surface area contributed by atoms with Crippen molar-refractivity contribution in [2.24, 2.45) is 5.92 Å². The van der Waals surface area contributed by atoms with Crippen molar-refractivity contribution >= 4 is 0 Å². The number of likely N-dealkylation sites (tertiary alicyclic amines) is 1. The van der Waals surface area contributed by atoms with E-state index >= 15 is 0 Å². The van der Waals surface area contributed by atoms with Crippen molar-refractivity contribution in [2.75, 3.05) is 13.1 Å². The third kappa shape index (κ3) is 2.49. The zero-order chi connectivity index (χ0) is 8.97. The number of rotatable bonds is 2. The van der Waals surface area contributed by atoms with Gasteiger partial charge >= 0.3 is 0 Å². The summed E-state index contributed by atoms with van der Waals surface area (Å²) >= 11 is 0. The smallest absolute Gasteiger partial charge is 0.0977 e. The zero-order valence-electron chi connectivity index (χ0n) is 8.08. The van der Waals surface area contributed by atoms with Crippen LogP contribution in [0.2, 0.25) is 0 Å². The van der Waals surface area contributed by atoms with E-state index in [0.29, 0.717) is 5.92 Å². The Morgan fingerprint density at radius 3 is 2.83 bits per heavy atom. The van der Waals surface area contributed by atoms with Gasteiger partial charge in [-0.05, 0) is 31.7 Å². The van der Waals surface area contributed by atoms with Crippen molar-refractivity contribution in [1.29, 1.82) is 5.26 Å². The van der Waals surface area contributed by atoms with Gasteiger partial charge in [0.05, 0.1) is 12.1 Å². The van der Waals surface area contributed by atoms with E-state index in [1.807, 2.05) is 0 Å².